The molecule has 0 aliphatic heterocycles. The Kier molecular flexibility index (Phi) is 3.68. The lowest BCUT2D eigenvalue weighted by Crippen LogP contribution is -2.32. The van der Waals surface area contributed by atoms with Crippen LogP contribution in [0.15, 0.2) is 23.6 Å². The smallest absolute Gasteiger partial charge is 0.242 e. The van der Waals surface area contributed by atoms with Gasteiger partial charge in [0.1, 0.15) is 6.04 Å². The van der Waals surface area contributed by atoms with Crippen molar-refractivity contribution < 1.29 is 4.79 Å². The Morgan fingerprint density at radius 2 is 2.37 bits per heavy atom. The lowest BCUT2D eigenvalue weighted by molar-refractivity contribution is -0.122. The van der Waals surface area contributed by atoms with Gasteiger partial charge in [-0.05, 0) is 42.3 Å². The van der Waals surface area contributed by atoms with E-state index in [1.807, 2.05) is 28.8 Å². The van der Waals surface area contributed by atoms with Gasteiger partial charge in [-0.25, -0.2) is 0 Å². The number of hydrogen-bond donors (Lipinski definition) is 2. The summed E-state index contributed by atoms with van der Waals surface area (Å²) in [7, 11) is 0. The van der Waals surface area contributed by atoms with Crippen LogP contribution < -0.4 is 11.1 Å². The minimum absolute atomic E-state index is 0.101. The molecule has 0 bridgehead atoms. The van der Waals surface area contributed by atoms with Gasteiger partial charge in [-0.3, -0.25) is 4.79 Å². The van der Waals surface area contributed by atoms with Crippen molar-refractivity contribution in [2.24, 2.45) is 5.73 Å². The number of thiophene rings is 2. The van der Waals surface area contributed by atoms with Gasteiger partial charge < -0.3 is 11.1 Å². The summed E-state index contributed by atoms with van der Waals surface area (Å²) in [6.45, 7) is 0.593. The molecule has 0 saturated heterocycles. The predicted molar refractivity (Wildman–Crippen MR) is 79.4 cm³/mol. The average molecular weight is 292 g/mol. The number of carbonyl (C=O) groups excluding carboxylic acids is 1. The van der Waals surface area contributed by atoms with Crippen molar-refractivity contribution in [2.75, 3.05) is 0 Å². The van der Waals surface area contributed by atoms with Crippen LogP contribution in [0.2, 0.25) is 0 Å². The van der Waals surface area contributed by atoms with Gasteiger partial charge in [0.2, 0.25) is 5.91 Å². The molecule has 5 heteroatoms. The Balaban J connectivity index is 1.58. The van der Waals surface area contributed by atoms with Gasteiger partial charge >= 0.3 is 0 Å². The molecule has 3 nitrogen and oxygen atoms in total. The number of aryl methyl sites for hydroxylation is 2. The summed E-state index contributed by atoms with van der Waals surface area (Å²) in [4.78, 5) is 15.6. The lowest BCUT2D eigenvalue weighted by Gasteiger charge is -2.09. The first-order valence-electron chi connectivity index (χ1n) is 6.41. The maximum atomic E-state index is 12.0. The zero-order chi connectivity index (χ0) is 13.2. The Morgan fingerprint density at radius 1 is 1.47 bits per heavy atom. The van der Waals surface area contributed by atoms with Crippen LogP contribution in [0.25, 0.3) is 0 Å². The standard InChI is InChI=1S/C14H16N2OS2/c15-13(12-5-2-6-18-12)14(17)16-8-10-7-9-3-1-4-11(9)19-10/h2,5-7,13H,1,3-4,8,15H2,(H,16,17). The highest BCUT2D eigenvalue weighted by molar-refractivity contribution is 7.12. The summed E-state index contributed by atoms with van der Waals surface area (Å²) in [6.07, 6.45) is 3.66. The molecule has 3 N–H and O–H groups in total. The molecule has 3 rings (SSSR count). The molecule has 0 radical (unpaired) electrons. The number of fused-ring (bicyclic) bond motifs is 1. The molecule has 0 spiro atoms. The zero-order valence-electron chi connectivity index (χ0n) is 10.5. The van der Waals surface area contributed by atoms with Crippen molar-refractivity contribution >= 4 is 28.6 Å². The highest BCUT2D eigenvalue weighted by atomic mass is 32.1. The summed E-state index contributed by atoms with van der Waals surface area (Å²) in [6, 6.07) is 5.49. The van der Waals surface area contributed by atoms with E-state index in [0.29, 0.717) is 6.54 Å². The molecule has 1 unspecified atom stereocenters. The summed E-state index contributed by atoms with van der Waals surface area (Å²) in [5, 5.41) is 4.87. The molecular weight excluding hydrogens is 276 g/mol. The van der Waals surface area contributed by atoms with E-state index in [-0.39, 0.29) is 5.91 Å². The normalized spacial score (nSPS) is 15.2. The molecule has 19 heavy (non-hydrogen) atoms. The van der Waals surface area contributed by atoms with E-state index in [9.17, 15) is 4.79 Å². The maximum absolute atomic E-state index is 12.0. The van der Waals surface area contributed by atoms with E-state index in [2.05, 4.69) is 11.4 Å². The molecule has 100 valence electrons. The first-order chi connectivity index (χ1) is 9.24. The Morgan fingerprint density at radius 3 is 3.11 bits per heavy atom. The fourth-order valence-corrected chi connectivity index (χ4v) is 4.28. The molecule has 2 aromatic heterocycles. The summed E-state index contributed by atoms with van der Waals surface area (Å²) in [5.41, 5.74) is 7.39. The third kappa shape index (κ3) is 2.73. The first-order valence-corrected chi connectivity index (χ1v) is 8.11. The van der Waals surface area contributed by atoms with Gasteiger partial charge in [0.25, 0.3) is 0 Å². The molecular formula is C14H16N2OS2. The van der Waals surface area contributed by atoms with E-state index in [4.69, 9.17) is 5.73 Å². The Labute approximate surface area is 120 Å². The summed E-state index contributed by atoms with van der Waals surface area (Å²) >= 11 is 3.34. The number of nitrogens with one attached hydrogen (secondary N) is 1. The van der Waals surface area contributed by atoms with Gasteiger partial charge in [0, 0.05) is 14.6 Å². The quantitative estimate of drug-likeness (QED) is 0.910. The van der Waals surface area contributed by atoms with Gasteiger partial charge in [-0.15, -0.1) is 22.7 Å². The number of hydrogen-bond acceptors (Lipinski definition) is 4. The molecule has 1 aliphatic rings. The van der Waals surface area contributed by atoms with Crippen molar-refractivity contribution in [3.05, 3.63) is 43.8 Å². The SMILES string of the molecule is NC(C(=O)NCc1cc2c(s1)CCC2)c1cccs1. The third-order valence-electron chi connectivity index (χ3n) is 3.37. The third-order valence-corrected chi connectivity index (χ3v) is 5.56. The van der Waals surface area contributed by atoms with Gasteiger partial charge in [0.15, 0.2) is 0 Å². The largest absolute Gasteiger partial charge is 0.350 e. The van der Waals surface area contributed by atoms with Gasteiger partial charge in [0.05, 0.1) is 6.54 Å². The van der Waals surface area contributed by atoms with Crippen LogP contribution in [-0.2, 0) is 24.2 Å². The number of rotatable bonds is 4. The highest BCUT2D eigenvalue weighted by Crippen LogP contribution is 2.30. The van der Waals surface area contributed by atoms with Crippen LogP contribution >= 0.6 is 22.7 Å². The van der Waals surface area contributed by atoms with Crippen molar-refractivity contribution in [1.82, 2.24) is 5.32 Å². The second-order valence-electron chi connectivity index (χ2n) is 4.73. The van der Waals surface area contributed by atoms with Crippen LogP contribution in [-0.4, -0.2) is 5.91 Å². The second-order valence-corrected chi connectivity index (χ2v) is 6.93. The summed E-state index contributed by atoms with van der Waals surface area (Å²) < 4.78 is 0. The molecule has 1 atom stereocenters. The van der Waals surface area contributed by atoms with E-state index in [1.165, 1.54) is 45.9 Å². The zero-order valence-corrected chi connectivity index (χ0v) is 12.2. The van der Waals surface area contributed by atoms with Crippen molar-refractivity contribution in [3.8, 4) is 0 Å². The fourth-order valence-electron chi connectivity index (χ4n) is 2.36. The second kappa shape index (κ2) is 5.45. The van der Waals surface area contributed by atoms with Crippen LogP contribution in [0.5, 0.6) is 0 Å². The van der Waals surface area contributed by atoms with Crippen molar-refractivity contribution in [1.29, 1.82) is 0 Å². The topological polar surface area (TPSA) is 55.1 Å². The van der Waals surface area contributed by atoms with E-state index < -0.39 is 6.04 Å². The van der Waals surface area contributed by atoms with E-state index in [0.717, 1.165) is 4.88 Å². The predicted octanol–water partition coefficient (Wildman–Crippen LogP) is 2.61. The highest BCUT2D eigenvalue weighted by Gasteiger charge is 2.18. The Hall–Kier alpha value is -1.17. The first kappa shape index (κ1) is 12.8. The average Bonchev–Trinajstić information content (AvgIpc) is 3.10. The fraction of sp³-hybridized carbons (Fsp3) is 0.357. The minimum Gasteiger partial charge on any atom is -0.350 e. The van der Waals surface area contributed by atoms with Crippen LogP contribution in [0.3, 0.4) is 0 Å². The molecule has 1 aliphatic carbocycles. The number of amides is 1. The van der Waals surface area contributed by atoms with Crippen LogP contribution in [0.1, 0.15) is 32.7 Å². The molecule has 0 fully saturated rings. The lowest BCUT2D eigenvalue weighted by atomic mass is 10.2. The van der Waals surface area contributed by atoms with Crippen molar-refractivity contribution in [3.63, 3.8) is 0 Å². The minimum atomic E-state index is -0.549. The number of nitrogens with two attached hydrogens (primary N) is 1. The number of carbonyl (C=O) groups is 1. The monoisotopic (exact) mass is 292 g/mol. The van der Waals surface area contributed by atoms with Gasteiger partial charge in [-0.2, -0.15) is 0 Å². The maximum Gasteiger partial charge on any atom is 0.242 e. The van der Waals surface area contributed by atoms with Crippen LogP contribution in [0, 0.1) is 0 Å². The molecule has 2 heterocycles. The van der Waals surface area contributed by atoms with Crippen molar-refractivity contribution in [2.45, 2.75) is 31.8 Å². The molecule has 0 aromatic carbocycles. The van der Waals surface area contributed by atoms with Crippen LogP contribution in [0.4, 0.5) is 0 Å². The van der Waals surface area contributed by atoms with Gasteiger partial charge in [-0.1, -0.05) is 6.07 Å². The van der Waals surface area contributed by atoms with E-state index in [1.54, 1.807) is 0 Å². The molecule has 1 amide bonds. The molecule has 2 aromatic rings. The Bertz CT molecular complexity index is 553. The summed E-state index contributed by atoms with van der Waals surface area (Å²) in [5.74, 6) is -0.101. The molecule has 0 saturated carbocycles. The van der Waals surface area contributed by atoms with E-state index >= 15 is 0 Å².